The van der Waals surface area contributed by atoms with Crippen LogP contribution in [0, 0.1) is 0 Å². The fourth-order valence-corrected chi connectivity index (χ4v) is 1.65. The summed E-state index contributed by atoms with van der Waals surface area (Å²) in [7, 11) is -3.06. The molecule has 1 rings (SSSR count). The highest BCUT2D eigenvalue weighted by Gasteiger charge is 2.05. The molecule has 7 heteroatoms. The number of nitrogens with two attached hydrogens (primary N) is 1. The number of ether oxygens (including phenoxy) is 1. The van der Waals surface area contributed by atoms with E-state index in [0.717, 1.165) is 6.26 Å². The van der Waals surface area contributed by atoms with Gasteiger partial charge in [0, 0.05) is 24.6 Å². The van der Waals surface area contributed by atoms with Gasteiger partial charge in [0.2, 0.25) is 0 Å². The van der Waals surface area contributed by atoms with E-state index in [0.29, 0.717) is 11.4 Å². The van der Waals surface area contributed by atoms with Gasteiger partial charge in [-0.3, -0.25) is 4.79 Å². The molecule has 0 saturated heterocycles. The molecule has 0 unspecified atom stereocenters. The number of hydrogen-bond donors (Lipinski definition) is 2. The SMILES string of the molecule is CS(=O)(=O)CCNC(=O)COc1cccc(N)c1. The van der Waals surface area contributed by atoms with Crippen molar-refractivity contribution >= 4 is 21.4 Å². The lowest BCUT2D eigenvalue weighted by Crippen LogP contribution is -2.32. The Labute approximate surface area is 106 Å². The van der Waals surface area contributed by atoms with Gasteiger partial charge >= 0.3 is 0 Å². The second-order valence-corrected chi connectivity index (χ2v) is 6.10. The molecule has 0 atom stereocenters. The lowest BCUT2D eigenvalue weighted by atomic mass is 10.3. The molecule has 0 fully saturated rings. The molecule has 0 aliphatic carbocycles. The van der Waals surface area contributed by atoms with E-state index < -0.39 is 9.84 Å². The number of rotatable bonds is 6. The fourth-order valence-electron chi connectivity index (χ4n) is 1.18. The Bertz CT molecular complexity index is 514. The van der Waals surface area contributed by atoms with Gasteiger partial charge in [0.15, 0.2) is 6.61 Å². The summed E-state index contributed by atoms with van der Waals surface area (Å²) in [6, 6.07) is 6.70. The van der Waals surface area contributed by atoms with Crippen molar-refractivity contribution in [3.05, 3.63) is 24.3 Å². The van der Waals surface area contributed by atoms with Gasteiger partial charge in [-0.15, -0.1) is 0 Å². The minimum absolute atomic E-state index is 0.0813. The number of carbonyl (C=O) groups excluding carboxylic acids is 1. The van der Waals surface area contributed by atoms with Crippen LogP contribution in [-0.2, 0) is 14.6 Å². The first-order valence-electron chi connectivity index (χ1n) is 5.29. The quantitative estimate of drug-likeness (QED) is 0.699. The molecule has 1 aromatic carbocycles. The summed E-state index contributed by atoms with van der Waals surface area (Å²) in [4.78, 5) is 11.3. The van der Waals surface area contributed by atoms with Crippen LogP contribution >= 0.6 is 0 Å². The molecular weight excluding hydrogens is 256 g/mol. The van der Waals surface area contributed by atoms with Gasteiger partial charge in [0.25, 0.3) is 5.91 Å². The molecule has 6 nitrogen and oxygen atoms in total. The van der Waals surface area contributed by atoms with Crippen molar-refractivity contribution in [3.8, 4) is 5.75 Å². The minimum atomic E-state index is -3.06. The number of benzene rings is 1. The normalized spacial score (nSPS) is 10.9. The maximum Gasteiger partial charge on any atom is 0.257 e. The molecule has 18 heavy (non-hydrogen) atoms. The Morgan fingerprint density at radius 2 is 2.17 bits per heavy atom. The predicted octanol–water partition coefficient (Wildman–Crippen LogP) is -0.192. The van der Waals surface area contributed by atoms with Crippen LogP contribution in [0.15, 0.2) is 24.3 Å². The molecule has 0 saturated carbocycles. The second-order valence-electron chi connectivity index (χ2n) is 3.84. The highest BCUT2D eigenvalue weighted by molar-refractivity contribution is 7.90. The molecule has 1 amide bonds. The maximum absolute atomic E-state index is 11.3. The van der Waals surface area contributed by atoms with E-state index in [1.807, 2.05) is 0 Å². The lowest BCUT2D eigenvalue weighted by molar-refractivity contribution is -0.122. The van der Waals surface area contributed by atoms with Crippen molar-refractivity contribution in [2.75, 3.05) is 30.9 Å². The van der Waals surface area contributed by atoms with Crippen molar-refractivity contribution in [1.82, 2.24) is 5.32 Å². The molecule has 0 aromatic heterocycles. The zero-order valence-electron chi connectivity index (χ0n) is 10.0. The summed E-state index contributed by atoms with van der Waals surface area (Å²) in [5.41, 5.74) is 6.09. The van der Waals surface area contributed by atoms with E-state index in [9.17, 15) is 13.2 Å². The third kappa shape index (κ3) is 6.09. The summed E-state index contributed by atoms with van der Waals surface area (Å²) in [6.07, 6.45) is 1.11. The molecule has 0 radical (unpaired) electrons. The fraction of sp³-hybridized carbons (Fsp3) is 0.364. The number of anilines is 1. The van der Waals surface area contributed by atoms with E-state index in [1.54, 1.807) is 24.3 Å². The zero-order valence-corrected chi connectivity index (χ0v) is 10.9. The average molecular weight is 272 g/mol. The molecule has 3 N–H and O–H groups in total. The number of amides is 1. The van der Waals surface area contributed by atoms with Crippen molar-refractivity contribution in [1.29, 1.82) is 0 Å². The molecule has 100 valence electrons. The van der Waals surface area contributed by atoms with Crippen molar-refractivity contribution < 1.29 is 17.9 Å². The van der Waals surface area contributed by atoms with E-state index in [1.165, 1.54) is 0 Å². The Morgan fingerprint density at radius 3 is 2.78 bits per heavy atom. The highest BCUT2D eigenvalue weighted by Crippen LogP contribution is 2.13. The Balaban J connectivity index is 2.29. The van der Waals surface area contributed by atoms with Crippen LogP contribution in [0.5, 0.6) is 5.75 Å². The summed E-state index contributed by atoms with van der Waals surface area (Å²) >= 11 is 0. The first-order chi connectivity index (χ1) is 8.37. The molecule has 0 spiro atoms. The van der Waals surface area contributed by atoms with Gasteiger partial charge in [-0.05, 0) is 12.1 Å². The molecule has 1 aromatic rings. The largest absolute Gasteiger partial charge is 0.484 e. The minimum Gasteiger partial charge on any atom is -0.484 e. The summed E-state index contributed by atoms with van der Waals surface area (Å²) < 4.78 is 26.9. The Kier molecular flexibility index (Phi) is 4.96. The van der Waals surface area contributed by atoms with Crippen LogP contribution in [0.2, 0.25) is 0 Å². The standard InChI is InChI=1S/C11H16N2O4S/c1-18(15,16)6-5-13-11(14)8-17-10-4-2-3-9(12)7-10/h2-4,7H,5-6,8,12H2,1H3,(H,13,14). The summed E-state index contributed by atoms with van der Waals surface area (Å²) in [6.45, 7) is -0.0921. The smallest absolute Gasteiger partial charge is 0.257 e. The molecule has 0 bridgehead atoms. The molecule has 0 aliphatic heterocycles. The first kappa shape index (κ1) is 14.3. The molecular formula is C11H16N2O4S. The average Bonchev–Trinajstić information content (AvgIpc) is 2.25. The van der Waals surface area contributed by atoms with Gasteiger partial charge in [0.1, 0.15) is 15.6 Å². The Morgan fingerprint density at radius 1 is 1.44 bits per heavy atom. The van der Waals surface area contributed by atoms with Crippen LogP contribution in [0.3, 0.4) is 0 Å². The molecule has 0 aliphatic rings. The third-order valence-corrected chi connectivity index (χ3v) is 2.97. The van der Waals surface area contributed by atoms with Gasteiger partial charge in [-0.25, -0.2) is 8.42 Å². The van der Waals surface area contributed by atoms with Crippen LogP contribution in [-0.4, -0.2) is 39.5 Å². The monoisotopic (exact) mass is 272 g/mol. The highest BCUT2D eigenvalue weighted by atomic mass is 32.2. The van der Waals surface area contributed by atoms with E-state index in [4.69, 9.17) is 10.5 Å². The number of carbonyl (C=O) groups is 1. The lowest BCUT2D eigenvalue weighted by Gasteiger charge is -2.07. The first-order valence-corrected chi connectivity index (χ1v) is 7.35. The van der Waals surface area contributed by atoms with E-state index >= 15 is 0 Å². The van der Waals surface area contributed by atoms with Gasteiger partial charge in [-0.2, -0.15) is 0 Å². The van der Waals surface area contributed by atoms with Gasteiger partial charge in [0.05, 0.1) is 5.75 Å². The summed E-state index contributed by atoms with van der Waals surface area (Å²) in [5.74, 6) is 0.0335. The van der Waals surface area contributed by atoms with Crippen LogP contribution < -0.4 is 15.8 Å². The maximum atomic E-state index is 11.3. The number of sulfone groups is 1. The van der Waals surface area contributed by atoms with Crippen LogP contribution in [0.4, 0.5) is 5.69 Å². The number of hydrogen-bond acceptors (Lipinski definition) is 5. The van der Waals surface area contributed by atoms with E-state index in [2.05, 4.69) is 5.32 Å². The number of nitrogens with one attached hydrogen (secondary N) is 1. The van der Waals surface area contributed by atoms with Gasteiger partial charge < -0.3 is 15.8 Å². The second kappa shape index (κ2) is 6.25. The number of nitrogen functional groups attached to an aromatic ring is 1. The Hall–Kier alpha value is -1.76. The van der Waals surface area contributed by atoms with Crippen LogP contribution in [0.25, 0.3) is 0 Å². The molecule has 0 heterocycles. The zero-order chi connectivity index (χ0) is 13.6. The van der Waals surface area contributed by atoms with Crippen molar-refractivity contribution in [2.45, 2.75) is 0 Å². The van der Waals surface area contributed by atoms with Gasteiger partial charge in [-0.1, -0.05) is 6.07 Å². The van der Waals surface area contributed by atoms with Crippen LogP contribution in [0.1, 0.15) is 0 Å². The van der Waals surface area contributed by atoms with E-state index in [-0.39, 0.29) is 24.8 Å². The topological polar surface area (TPSA) is 98.5 Å². The van der Waals surface area contributed by atoms with Crippen molar-refractivity contribution in [3.63, 3.8) is 0 Å². The summed E-state index contributed by atoms with van der Waals surface area (Å²) in [5, 5.41) is 2.45. The third-order valence-electron chi connectivity index (χ3n) is 2.02. The predicted molar refractivity (Wildman–Crippen MR) is 69.1 cm³/mol. The van der Waals surface area contributed by atoms with Crippen molar-refractivity contribution in [2.24, 2.45) is 0 Å².